The van der Waals surface area contributed by atoms with Crippen molar-refractivity contribution in [3.63, 3.8) is 0 Å². The predicted molar refractivity (Wildman–Crippen MR) is 206 cm³/mol. The van der Waals surface area contributed by atoms with Gasteiger partial charge < -0.3 is 9.80 Å². The molecule has 7 aromatic carbocycles. The van der Waals surface area contributed by atoms with E-state index in [-0.39, 0.29) is 19.1 Å². The Hall–Kier alpha value is -5.59. The molecule has 0 bridgehead atoms. The second-order valence-corrected chi connectivity index (χ2v) is 14.5. The lowest BCUT2D eigenvalue weighted by molar-refractivity contribution is -0.137. The van der Waals surface area contributed by atoms with Gasteiger partial charge in [-0.05, 0) is 69.3 Å². The SMILES string of the molecule is FC(F)(F)c1ccccc1N1c2ccccc2B2c3ccccc3N3c4ccccc4B4c5ccccc5Sc5c4c3c2c1c5-c1ccccc1. The topological polar surface area (TPSA) is 6.48 Å². The van der Waals surface area contributed by atoms with Gasteiger partial charge in [-0.1, -0.05) is 132 Å². The van der Waals surface area contributed by atoms with E-state index in [1.54, 1.807) is 23.9 Å². The summed E-state index contributed by atoms with van der Waals surface area (Å²) < 4.78 is 45.3. The summed E-state index contributed by atoms with van der Waals surface area (Å²) in [5, 5.41) is 0. The molecule has 2 nitrogen and oxygen atoms in total. The molecule has 0 N–H and O–H groups in total. The maximum atomic E-state index is 15.1. The van der Waals surface area contributed by atoms with Gasteiger partial charge in [0.15, 0.2) is 0 Å². The summed E-state index contributed by atoms with van der Waals surface area (Å²) in [6.07, 6.45) is -4.56. The third-order valence-electron chi connectivity index (χ3n) is 10.9. The quantitative estimate of drug-likeness (QED) is 0.173. The summed E-state index contributed by atoms with van der Waals surface area (Å²) in [7, 11) is 0. The van der Waals surface area contributed by atoms with Crippen LogP contribution in [0.25, 0.3) is 11.1 Å². The van der Waals surface area contributed by atoms with E-state index in [4.69, 9.17) is 0 Å². The first-order valence-corrected chi connectivity index (χ1v) is 17.9. The van der Waals surface area contributed by atoms with E-state index in [9.17, 15) is 0 Å². The van der Waals surface area contributed by atoms with Crippen LogP contribution in [0.2, 0.25) is 0 Å². The van der Waals surface area contributed by atoms with Gasteiger partial charge in [0, 0.05) is 38.1 Å². The second-order valence-electron chi connectivity index (χ2n) is 13.5. The number of hydrogen-bond donors (Lipinski definition) is 0. The number of fused-ring (bicyclic) bond motifs is 10. The summed E-state index contributed by atoms with van der Waals surface area (Å²) in [4.78, 5) is 6.57. The first-order valence-electron chi connectivity index (χ1n) is 17.1. The predicted octanol–water partition coefficient (Wildman–Crippen LogP) is 7.75. The van der Waals surface area contributed by atoms with Gasteiger partial charge in [0.05, 0.1) is 16.9 Å². The Morgan fingerprint density at radius 2 is 0.922 bits per heavy atom. The molecule has 7 aromatic rings. The molecule has 8 heteroatoms. The molecule has 51 heavy (non-hydrogen) atoms. The molecular weight excluding hydrogens is 655 g/mol. The molecule has 0 fully saturated rings. The van der Waals surface area contributed by atoms with Gasteiger partial charge in [-0.3, -0.25) is 0 Å². The maximum Gasteiger partial charge on any atom is 0.418 e. The van der Waals surface area contributed by atoms with E-state index in [0.717, 1.165) is 65.7 Å². The number of benzene rings is 7. The molecule has 0 aliphatic carbocycles. The van der Waals surface area contributed by atoms with E-state index in [0.29, 0.717) is 0 Å². The fraction of sp³-hybridized carbons (Fsp3) is 0.0233. The summed E-state index contributed by atoms with van der Waals surface area (Å²) in [6.45, 7) is -0.250. The molecule has 4 aliphatic rings. The molecule has 11 rings (SSSR count). The molecule has 0 amide bonds. The molecule has 0 atom stereocenters. The molecule has 0 aromatic heterocycles. The van der Waals surface area contributed by atoms with Crippen molar-refractivity contribution in [2.24, 2.45) is 0 Å². The average molecular weight is 680 g/mol. The van der Waals surface area contributed by atoms with Crippen LogP contribution in [0.4, 0.5) is 47.3 Å². The fourth-order valence-electron chi connectivity index (χ4n) is 9.07. The van der Waals surface area contributed by atoms with Crippen molar-refractivity contribution < 1.29 is 13.2 Å². The van der Waals surface area contributed by atoms with Gasteiger partial charge in [-0.25, -0.2) is 0 Å². The third-order valence-corrected chi connectivity index (χ3v) is 12.1. The van der Waals surface area contributed by atoms with Crippen LogP contribution in [0.15, 0.2) is 161 Å². The molecule has 0 spiro atoms. The van der Waals surface area contributed by atoms with E-state index in [1.807, 2.05) is 41.3 Å². The summed E-state index contributed by atoms with van der Waals surface area (Å²) in [5.74, 6) is 0. The van der Waals surface area contributed by atoms with Gasteiger partial charge >= 0.3 is 6.18 Å². The Bertz CT molecular complexity index is 2600. The molecule has 0 saturated heterocycles. The van der Waals surface area contributed by atoms with E-state index in [2.05, 4.69) is 95.9 Å². The van der Waals surface area contributed by atoms with Crippen LogP contribution in [-0.2, 0) is 6.18 Å². The van der Waals surface area contributed by atoms with Crippen molar-refractivity contribution in [1.82, 2.24) is 0 Å². The zero-order valence-corrected chi connectivity index (χ0v) is 27.8. The highest BCUT2D eigenvalue weighted by Crippen LogP contribution is 2.54. The Balaban J connectivity index is 1.39. The van der Waals surface area contributed by atoms with Gasteiger partial charge in [0.25, 0.3) is 6.71 Å². The largest absolute Gasteiger partial charge is 0.418 e. The zero-order chi connectivity index (χ0) is 34.0. The number of anilines is 6. The summed E-state index contributed by atoms with van der Waals surface area (Å²) >= 11 is 1.74. The Morgan fingerprint density at radius 3 is 1.53 bits per heavy atom. The number of alkyl halides is 3. The highest BCUT2D eigenvalue weighted by atomic mass is 32.2. The van der Waals surface area contributed by atoms with Crippen molar-refractivity contribution in [2.75, 3.05) is 9.80 Å². The number of nitrogens with zero attached hydrogens (tertiary/aromatic N) is 2. The van der Waals surface area contributed by atoms with Gasteiger partial charge in [-0.2, -0.15) is 13.2 Å². The first kappa shape index (κ1) is 29.2. The number of para-hydroxylation sites is 4. The lowest BCUT2D eigenvalue weighted by Gasteiger charge is -2.50. The molecule has 0 saturated carbocycles. The summed E-state index contributed by atoms with van der Waals surface area (Å²) in [5.41, 5.74) is 13.1. The average Bonchev–Trinajstić information content (AvgIpc) is 3.17. The van der Waals surface area contributed by atoms with Crippen LogP contribution in [0, 0.1) is 0 Å². The van der Waals surface area contributed by atoms with Crippen molar-refractivity contribution >= 4 is 92.1 Å². The minimum atomic E-state index is -4.56. The molecular formula is C43H25B2F3N2S. The van der Waals surface area contributed by atoms with Crippen LogP contribution < -0.4 is 42.6 Å². The normalized spacial score (nSPS) is 14.3. The van der Waals surface area contributed by atoms with Crippen LogP contribution in [0.3, 0.4) is 0 Å². The van der Waals surface area contributed by atoms with E-state index in [1.165, 1.54) is 28.5 Å². The van der Waals surface area contributed by atoms with Gasteiger partial charge in [0.1, 0.15) is 0 Å². The number of rotatable bonds is 2. The Kier molecular flexibility index (Phi) is 5.99. The first-order chi connectivity index (χ1) is 25.0. The number of halogens is 3. The zero-order valence-electron chi connectivity index (χ0n) is 27.0. The lowest BCUT2D eigenvalue weighted by Crippen LogP contribution is -2.68. The van der Waals surface area contributed by atoms with Crippen molar-refractivity contribution in [3.8, 4) is 11.1 Å². The molecule has 0 unspecified atom stereocenters. The molecule has 240 valence electrons. The Morgan fingerprint density at radius 1 is 0.451 bits per heavy atom. The molecule has 0 radical (unpaired) electrons. The smallest absolute Gasteiger partial charge is 0.312 e. The van der Waals surface area contributed by atoms with Gasteiger partial charge in [0.2, 0.25) is 6.71 Å². The highest BCUT2D eigenvalue weighted by molar-refractivity contribution is 8.00. The van der Waals surface area contributed by atoms with Crippen LogP contribution in [-0.4, -0.2) is 13.4 Å². The second kappa shape index (κ2) is 10.5. The molecule has 4 heterocycles. The van der Waals surface area contributed by atoms with Crippen molar-refractivity contribution in [2.45, 2.75) is 16.0 Å². The number of hydrogen-bond acceptors (Lipinski definition) is 3. The minimum Gasteiger partial charge on any atom is -0.312 e. The minimum absolute atomic E-state index is 0.0494. The maximum absolute atomic E-state index is 15.1. The van der Waals surface area contributed by atoms with Crippen molar-refractivity contribution in [1.29, 1.82) is 0 Å². The summed E-state index contributed by atoms with van der Waals surface area (Å²) in [6, 6.07) is 50.2. The van der Waals surface area contributed by atoms with Crippen molar-refractivity contribution in [3.05, 3.63) is 157 Å². The van der Waals surface area contributed by atoms with Crippen LogP contribution >= 0.6 is 11.8 Å². The van der Waals surface area contributed by atoms with E-state index < -0.39 is 11.7 Å². The third kappa shape index (κ3) is 3.88. The van der Waals surface area contributed by atoms with E-state index >= 15 is 13.2 Å². The Labute approximate surface area is 298 Å². The monoisotopic (exact) mass is 680 g/mol. The van der Waals surface area contributed by atoms with Gasteiger partial charge in [-0.15, -0.1) is 0 Å². The highest BCUT2D eigenvalue weighted by Gasteiger charge is 2.52. The van der Waals surface area contributed by atoms with Crippen LogP contribution in [0.1, 0.15) is 5.56 Å². The van der Waals surface area contributed by atoms with Crippen LogP contribution in [0.5, 0.6) is 0 Å². The molecule has 4 aliphatic heterocycles. The lowest BCUT2D eigenvalue weighted by atomic mass is 9.29. The fourth-order valence-corrected chi connectivity index (χ4v) is 10.4. The standard InChI is InChI=1S/C43H25B2F3N2S/c46-43(47,48)27-16-4-9-21-32(27)49-33-22-10-5-17-28(33)44-29-18-6-11-23-34(29)50-35-24-12-7-19-30(35)45-31-20-8-13-25-36(31)51-42-37(26-14-2-1-3-15-26)40(49)38(44)41(50)39(42)45/h1-25H.